The van der Waals surface area contributed by atoms with Gasteiger partial charge in [-0.3, -0.25) is 4.79 Å². The molecule has 72 heavy (non-hydrogen) atoms. The number of carbonyl (C=O) groups is 1. The van der Waals surface area contributed by atoms with Crippen molar-refractivity contribution in [3.63, 3.8) is 0 Å². The van der Waals surface area contributed by atoms with E-state index in [-0.39, 0.29) is 18.9 Å². The summed E-state index contributed by atoms with van der Waals surface area (Å²) in [6.45, 7) is 1.63. The fraction of sp³-hybridized carbons (Fsp3) is 0.906. The van der Waals surface area contributed by atoms with Crippen LogP contribution in [0.5, 0.6) is 0 Å². The van der Waals surface area contributed by atoms with Crippen LogP contribution in [0.2, 0.25) is 0 Å². The molecule has 0 aliphatic carbocycles. The molecule has 0 radical (unpaired) electrons. The van der Waals surface area contributed by atoms with E-state index in [2.05, 4.69) is 31.3 Å². The smallest absolute Gasteiger partial charge is 0.220 e. The normalized spacial score (nSPS) is 32.2. The third-order valence-corrected chi connectivity index (χ3v) is 14.0. The van der Waals surface area contributed by atoms with E-state index in [0.717, 1.165) is 70.6 Å². The molecule has 19 heteroatoms. The standard InChI is InChI=1S/C53H97NO18/c1-3-5-7-9-11-13-15-16-17-18-19-20-21-22-24-26-28-30-37(58)36(54-41(59)31-29-27-25-23-14-12-10-8-6-4-2)35-67-51-47(65)44(62)49(39(33-56)69-51)72-53-48(66)45(63)50(40(34-57)70-53)71-52-46(64)43(61)42(60)38(32-55)68-52/h8,10,28,30,36-40,42-53,55-58,60-66H,3-7,9,11-27,29,31-35H2,1-2H3,(H,54,59)/b10-8-,30-28+. The van der Waals surface area contributed by atoms with Gasteiger partial charge in [0.15, 0.2) is 18.9 Å². The zero-order chi connectivity index (χ0) is 52.7. The second-order valence-electron chi connectivity index (χ2n) is 20.0. The molecule has 3 aliphatic heterocycles. The minimum Gasteiger partial charge on any atom is -0.394 e. The van der Waals surface area contributed by atoms with Crippen molar-refractivity contribution in [2.24, 2.45) is 0 Å². The Labute approximate surface area is 428 Å². The second-order valence-corrected chi connectivity index (χ2v) is 20.0. The van der Waals surface area contributed by atoms with Crippen molar-refractivity contribution in [1.82, 2.24) is 5.32 Å². The Hall–Kier alpha value is -1.73. The van der Waals surface area contributed by atoms with Crippen molar-refractivity contribution in [3.8, 4) is 0 Å². The van der Waals surface area contributed by atoms with Crippen LogP contribution in [-0.4, -0.2) is 193 Å². The molecule has 17 unspecified atom stereocenters. The van der Waals surface area contributed by atoms with Crippen molar-refractivity contribution in [3.05, 3.63) is 24.3 Å². The lowest BCUT2D eigenvalue weighted by Gasteiger charge is -2.48. The summed E-state index contributed by atoms with van der Waals surface area (Å²) in [7, 11) is 0. The highest BCUT2D eigenvalue weighted by Crippen LogP contribution is 2.33. The van der Waals surface area contributed by atoms with Crippen molar-refractivity contribution in [1.29, 1.82) is 0 Å². The first-order valence-corrected chi connectivity index (χ1v) is 27.6. The van der Waals surface area contributed by atoms with Crippen LogP contribution in [0, 0.1) is 0 Å². The quantitative estimate of drug-likeness (QED) is 0.0311. The molecular weight excluding hydrogens is 939 g/mol. The molecule has 19 nitrogen and oxygen atoms in total. The number of nitrogens with one attached hydrogen (secondary N) is 1. The average molecular weight is 1040 g/mol. The molecule has 3 rings (SSSR count). The third-order valence-electron chi connectivity index (χ3n) is 14.0. The van der Waals surface area contributed by atoms with Crippen molar-refractivity contribution >= 4 is 5.91 Å². The summed E-state index contributed by atoms with van der Waals surface area (Å²) in [4.78, 5) is 13.2. The van der Waals surface area contributed by atoms with Crippen LogP contribution in [0.3, 0.4) is 0 Å². The molecule has 3 heterocycles. The van der Waals surface area contributed by atoms with E-state index in [0.29, 0.717) is 6.42 Å². The molecule has 422 valence electrons. The highest BCUT2D eigenvalue weighted by molar-refractivity contribution is 5.76. The number of ether oxygens (including phenoxy) is 6. The van der Waals surface area contributed by atoms with Gasteiger partial charge in [-0.15, -0.1) is 0 Å². The van der Waals surface area contributed by atoms with E-state index in [1.165, 1.54) is 77.0 Å². The van der Waals surface area contributed by atoms with Crippen molar-refractivity contribution in [2.45, 2.75) is 279 Å². The summed E-state index contributed by atoms with van der Waals surface area (Å²) >= 11 is 0. The molecule has 3 aliphatic rings. The minimum atomic E-state index is -1.98. The Morgan fingerprint density at radius 3 is 1.40 bits per heavy atom. The fourth-order valence-corrected chi connectivity index (χ4v) is 9.37. The maximum absolute atomic E-state index is 13.2. The zero-order valence-electron chi connectivity index (χ0n) is 43.4. The van der Waals surface area contributed by atoms with Crippen LogP contribution in [-0.2, 0) is 33.2 Å². The summed E-state index contributed by atoms with van der Waals surface area (Å²) in [5.41, 5.74) is 0. The summed E-state index contributed by atoms with van der Waals surface area (Å²) in [5, 5.41) is 120. The van der Waals surface area contributed by atoms with Crippen LogP contribution in [0.15, 0.2) is 24.3 Å². The summed E-state index contributed by atoms with van der Waals surface area (Å²) in [5.74, 6) is -0.289. The van der Waals surface area contributed by atoms with Crippen LogP contribution in [0.4, 0.5) is 0 Å². The van der Waals surface area contributed by atoms with Gasteiger partial charge in [0, 0.05) is 6.42 Å². The lowest BCUT2D eigenvalue weighted by molar-refractivity contribution is -0.379. The van der Waals surface area contributed by atoms with Crippen LogP contribution < -0.4 is 5.32 Å². The number of aliphatic hydroxyl groups excluding tert-OH is 11. The first-order chi connectivity index (χ1) is 34.8. The molecule has 17 atom stereocenters. The van der Waals surface area contributed by atoms with Gasteiger partial charge < -0.3 is 89.9 Å². The number of allylic oxidation sites excluding steroid dienone is 3. The van der Waals surface area contributed by atoms with E-state index in [4.69, 9.17) is 28.4 Å². The number of hydrogen-bond acceptors (Lipinski definition) is 18. The SMILES string of the molecule is CCC/C=C\CCCCCCCC(=O)NC(COC1OC(CO)C(OC2OC(CO)C(OC3OC(CO)C(O)C(O)C3O)C(O)C2O)C(O)C1O)C(O)/C=C/CCCCCCCCCCCCCCCCC. The van der Waals surface area contributed by atoms with Crippen LogP contribution in [0.1, 0.15) is 174 Å². The van der Waals surface area contributed by atoms with Crippen molar-refractivity contribution in [2.75, 3.05) is 26.4 Å². The maximum atomic E-state index is 13.2. The topological polar surface area (TPSA) is 307 Å². The maximum Gasteiger partial charge on any atom is 0.220 e. The summed E-state index contributed by atoms with van der Waals surface area (Å²) < 4.78 is 34.1. The number of aliphatic hydroxyl groups is 11. The van der Waals surface area contributed by atoms with Crippen LogP contribution in [0.25, 0.3) is 0 Å². The number of carbonyl (C=O) groups excluding carboxylic acids is 1. The molecule has 0 saturated carbocycles. The van der Waals surface area contributed by atoms with Crippen LogP contribution >= 0.6 is 0 Å². The molecule has 12 N–H and O–H groups in total. The largest absolute Gasteiger partial charge is 0.394 e. The van der Waals surface area contributed by atoms with Gasteiger partial charge in [-0.05, 0) is 38.5 Å². The van der Waals surface area contributed by atoms with Gasteiger partial charge in [0.25, 0.3) is 0 Å². The molecule has 0 bridgehead atoms. The number of hydrogen-bond donors (Lipinski definition) is 12. The van der Waals surface area contributed by atoms with Gasteiger partial charge in [-0.1, -0.05) is 154 Å². The van der Waals surface area contributed by atoms with E-state index in [1.54, 1.807) is 6.08 Å². The summed E-state index contributed by atoms with van der Waals surface area (Å²) in [6, 6.07) is -0.972. The molecule has 0 aromatic carbocycles. The first-order valence-electron chi connectivity index (χ1n) is 27.6. The van der Waals surface area contributed by atoms with Gasteiger partial charge in [-0.2, -0.15) is 0 Å². The molecule has 3 saturated heterocycles. The Kier molecular flexibility index (Phi) is 34.0. The number of rotatable bonds is 39. The molecular formula is C53H97NO18. The predicted molar refractivity (Wildman–Crippen MR) is 268 cm³/mol. The highest BCUT2D eigenvalue weighted by atomic mass is 16.8. The molecule has 0 spiro atoms. The monoisotopic (exact) mass is 1040 g/mol. The Bertz CT molecular complexity index is 1430. The Morgan fingerprint density at radius 1 is 0.486 bits per heavy atom. The lowest BCUT2D eigenvalue weighted by Crippen LogP contribution is -2.66. The minimum absolute atomic E-state index is 0.233. The predicted octanol–water partition coefficient (Wildman–Crippen LogP) is 3.20. The van der Waals surface area contributed by atoms with Crippen molar-refractivity contribution < 1.29 is 89.4 Å². The Balaban J connectivity index is 1.54. The first kappa shape index (κ1) is 64.6. The van der Waals surface area contributed by atoms with E-state index in [1.807, 2.05) is 6.08 Å². The van der Waals surface area contributed by atoms with Gasteiger partial charge in [0.2, 0.25) is 5.91 Å². The molecule has 0 aromatic heterocycles. The molecule has 3 fully saturated rings. The van der Waals surface area contributed by atoms with Gasteiger partial charge in [0.1, 0.15) is 73.2 Å². The van der Waals surface area contributed by atoms with E-state index < -0.39 is 124 Å². The molecule has 0 aromatic rings. The molecule has 1 amide bonds. The highest BCUT2D eigenvalue weighted by Gasteiger charge is 2.53. The van der Waals surface area contributed by atoms with Gasteiger partial charge in [-0.25, -0.2) is 0 Å². The Morgan fingerprint density at radius 2 is 0.903 bits per heavy atom. The average Bonchev–Trinajstić information content (AvgIpc) is 3.37. The zero-order valence-corrected chi connectivity index (χ0v) is 43.4. The summed E-state index contributed by atoms with van der Waals surface area (Å²) in [6.07, 6.45) is 8.96. The van der Waals surface area contributed by atoms with E-state index >= 15 is 0 Å². The third kappa shape index (κ3) is 22.9. The van der Waals surface area contributed by atoms with E-state index in [9.17, 15) is 61.0 Å². The lowest BCUT2D eigenvalue weighted by atomic mass is 9.96. The van der Waals surface area contributed by atoms with Gasteiger partial charge in [0.05, 0.1) is 38.6 Å². The second kappa shape index (κ2) is 37.9. The number of unbranched alkanes of at least 4 members (excludes halogenated alkanes) is 21. The number of amides is 1. The fourth-order valence-electron chi connectivity index (χ4n) is 9.37. The van der Waals surface area contributed by atoms with Gasteiger partial charge >= 0.3 is 0 Å².